The van der Waals surface area contributed by atoms with Crippen LogP contribution in [-0.2, 0) is 0 Å². The van der Waals surface area contributed by atoms with Gasteiger partial charge < -0.3 is 4.42 Å². The fourth-order valence-corrected chi connectivity index (χ4v) is 2.43. The van der Waals surface area contributed by atoms with Gasteiger partial charge in [0.1, 0.15) is 5.76 Å². The molecule has 2 nitrogen and oxygen atoms in total. The van der Waals surface area contributed by atoms with Gasteiger partial charge >= 0.3 is 0 Å². The molecule has 0 N–H and O–H groups in total. The van der Waals surface area contributed by atoms with Crippen molar-refractivity contribution < 1.29 is 4.42 Å². The second-order valence-electron chi connectivity index (χ2n) is 3.61. The van der Waals surface area contributed by atoms with Gasteiger partial charge in [-0.1, -0.05) is 22.9 Å². The molecule has 0 fully saturated rings. The highest BCUT2D eigenvalue weighted by molar-refractivity contribution is 9.10. The number of hydrogen-bond donors (Lipinski definition) is 0. The molecule has 2 aromatic heterocycles. The van der Waals surface area contributed by atoms with Crippen LogP contribution < -0.4 is 0 Å². The summed E-state index contributed by atoms with van der Waals surface area (Å²) in [6.07, 6.45) is 3.62. The van der Waals surface area contributed by atoms with Gasteiger partial charge in [-0.3, -0.25) is 4.98 Å². The first-order valence-corrected chi connectivity index (χ1v) is 6.68. The number of nitrogens with zero attached hydrogens (tertiary/aromatic N) is 1. The minimum atomic E-state index is 0.168. The van der Waals surface area contributed by atoms with Gasteiger partial charge in [-0.25, -0.2) is 0 Å². The molecule has 0 bridgehead atoms. The summed E-state index contributed by atoms with van der Waals surface area (Å²) in [6, 6.07) is 7.93. The predicted octanol–water partition coefficient (Wildman–Crippen LogP) is 4.68. The number of aromatic nitrogens is 1. The smallest absolute Gasteiger partial charge is 0.169 e. The normalized spacial score (nSPS) is 14.7. The van der Waals surface area contributed by atoms with Gasteiger partial charge in [0.25, 0.3) is 0 Å². The predicted molar refractivity (Wildman–Crippen MR) is 70.7 cm³/mol. The van der Waals surface area contributed by atoms with Crippen LogP contribution in [-0.4, -0.2) is 4.98 Å². The third-order valence-electron chi connectivity index (χ3n) is 2.54. The molecular weight excluding hydrogens is 334 g/mol. The summed E-state index contributed by atoms with van der Waals surface area (Å²) in [5.74, 6) is 1.26. The largest absolute Gasteiger partial charge is 0.453 e. The first-order valence-electron chi connectivity index (χ1n) is 4.97. The zero-order valence-corrected chi connectivity index (χ0v) is 11.9. The summed E-state index contributed by atoms with van der Waals surface area (Å²) in [5, 5.41) is 0. The van der Waals surface area contributed by atoms with Crippen LogP contribution in [0.4, 0.5) is 0 Å². The maximum atomic E-state index is 5.54. The van der Waals surface area contributed by atoms with E-state index in [0.29, 0.717) is 5.92 Å². The Bertz CT molecular complexity index is 455. The lowest BCUT2D eigenvalue weighted by Crippen LogP contribution is -2.01. The summed E-state index contributed by atoms with van der Waals surface area (Å²) < 4.78 is 6.30. The highest BCUT2D eigenvalue weighted by Crippen LogP contribution is 2.38. The third-order valence-corrected chi connectivity index (χ3v) is 4.21. The second-order valence-corrected chi connectivity index (χ2v) is 5.38. The minimum Gasteiger partial charge on any atom is -0.453 e. The molecule has 0 aliphatic rings. The highest BCUT2D eigenvalue weighted by Gasteiger charge is 2.20. The van der Waals surface area contributed by atoms with Crippen LogP contribution >= 0.6 is 31.9 Å². The number of furan rings is 1. The van der Waals surface area contributed by atoms with Gasteiger partial charge in [0.05, 0.1) is 4.83 Å². The van der Waals surface area contributed by atoms with E-state index < -0.39 is 0 Å². The molecule has 4 heteroatoms. The summed E-state index contributed by atoms with van der Waals surface area (Å²) in [4.78, 5) is 4.19. The Balaban J connectivity index is 2.19. The van der Waals surface area contributed by atoms with E-state index in [1.54, 1.807) is 0 Å². The molecule has 0 saturated carbocycles. The van der Waals surface area contributed by atoms with Crippen molar-refractivity contribution in [3.8, 4) is 0 Å². The maximum Gasteiger partial charge on any atom is 0.169 e. The summed E-state index contributed by atoms with van der Waals surface area (Å²) >= 11 is 6.97. The molecule has 2 atom stereocenters. The van der Waals surface area contributed by atoms with Crippen molar-refractivity contribution in [2.45, 2.75) is 17.7 Å². The standard InChI is InChI=1S/C12H11Br2NO/c1-8(9-4-6-15-7-5-9)12(14)10-2-3-11(13)16-10/h2-8,12H,1H3. The van der Waals surface area contributed by atoms with Crippen LogP contribution in [0, 0.1) is 0 Å². The zero-order valence-electron chi connectivity index (χ0n) is 8.73. The Kier molecular flexibility index (Phi) is 3.82. The molecule has 0 saturated heterocycles. The SMILES string of the molecule is CC(c1ccncc1)C(Br)c1ccc(Br)o1. The van der Waals surface area contributed by atoms with Gasteiger partial charge in [-0.15, -0.1) is 0 Å². The van der Waals surface area contributed by atoms with Crippen molar-refractivity contribution in [1.29, 1.82) is 0 Å². The molecule has 2 aromatic rings. The molecule has 0 aliphatic heterocycles. The minimum absolute atomic E-state index is 0.168. The van der Waals surface area contributed by atoms with E-state index >= 15 is 0 Å². The van der Waals surface area contributed by atoms with Crippen molar-refractivity contribution in [2.24, 2.45) is 0 Å². The van der Waals surface area contributed by atoms with Crippen molar-refractivity contribution in [3.63, 3.8) is 0 Å². The second kappa shape index (κ2) is 5.15. The van der Waals surface area contributed by atoms with Gasteiger partial charge in [0.15, 0.2) is 4.67 Å². The van der Waals surface area contributed by atoms with Crippen molar-refractivity contribution in [3.05, 3.63) is 52.7 Å². The van der Waals surface area contributed by atoms with E-state index in [-0.39, 0.29) is 4.83 Å². The Morgan fingerprint density at radius 3 is 2.44 bits per heavy atom. The average molecular weight is 345 g/mol. The molecule has 0 amide bonds. The van der Waals surface area contributed by atoms with Gasteiger partial charge in [0, 0.05) is 18.3 Å². The van der Waals surface area contributed by atoms with Crippen LogP contribution in [0.5, 0.6) is 0 Å². The van der Waals surface area contributed by atoms with Crippen LogP contribution in [0.15, 0.2) is 45.7 Å². The van der Waals surface area contributed by atoms with E-state index in [9.17, 15) is 0 Å². The van der Waals surface area contributed by atoms with Crippen LogP contribution in [0.1, 0.15) is 29.0 Å². The lowest BCUT2D eigenvalue weighted by molar-refractivity contribution is 0.472. The molecule has 2 unspecified atom stereocenters. The van der Waals surface area contributed by atoms with E-state index in [4.69, 9.17) is 4.42 Å². The summed E-state index contributed by atoms with van der Waals surface area (Å²) in [6.45, 7) is 2.16. The highest BCUT2D eigenvalue weighted by atomic mass is 79.9. The van der Waals surface area contributed by atoms with Gasteiger partial charge in [-0.2, -0.15) is 0 Å². The van der Waals surface area contributed by atoms with Gasteiger partial charge in [-0.05, 0) is 45.8 Å². The van der Waals surface area contributed by atoms with Crippen molar-refractivity contribution in [2.75, 3.05) is 0 Å². The lowest BCUT2D eigenvalue weighted by atomic mass is 9.98. The summed E-state index contributed by atoms with van der Waals surface area (Å²) in [5.41, 5.74) is 1.24. The van der Waals surface area contributed by atoms with Crippen molar-refractivity contribution in [1.82, 2.24) is 4.98 Å². The van der Waals surface area contributed by atoms with Gasteiger partial charge in [0.2, 0.25) is 0 Å². The van der Waals surface area contributed by atoms with E-state index in [2.05, 4.69) is 43.8 Å². The zero-order chi connectivity index (χ0) is 11.5. The molecule has 0 radical (unpaired) electrons. The monoisotopic (exact) mass is 343 g/mol. The fourth-order valence-electron chi connectivity index (χ4n) is 1.56. The first-order chi connectivity index (χ1) is 7.68. The molecule has 0 spiro atoms. The van der Waals surface area contributed by atoms with E-state index in [1.807, 2.05) is 36.7 Å². The molecule has 2 rings (SSSR count). The van der Waals surface area contributed by atoms with Crippen LogP contribution in [0.2, 0.25) is 0 Å². The van der Waals surface area contributed by atoms with Crippen molar-refractivity contribution >= 4 is 31.9 Å². The van der Waals surface area contributed by atoms with Crippen LogP contribution in [0.25, 0.3) is 0 Å². The molecule has 84 valence electrons. The number of rotatable bonds is 3. The molecule has 16 heavy (non-hydrogen) atoms. The molecule has 0 aliphatic carbocycles. The number of halogens is 2. The quantitative estimate of drug-likeness (QED) is 0.756. The van der Waals surface area contributed by atoms with E-state index in [1.165, 1.54) is 5.56 Å². The topological polar surface area (TPSA) is 26.0 Å². The maximum absolute atomic E-state index is 5.54. The Hall–Kier alpha value is -0.610. The molecule has 0 aromatic carbocycles. The number of pyridine rings is 1. The first kappa shape index (κ1) is 11.9. The lowest BCUT2D eigenvalue weighted by Gasteiger charge is -2.16. The van der Waals surface area contributed by atoms with Crippen LogP contribution in [0.3, 0.4) is 0 Å². The Morgan fingerprint density at radius 1 is 1.19 bits per heavy atom. The molecular formula is C12H11Br2NO. The fraction of sp³-hybridized carbons (Fsp3) is 0.250. The third kappa shape index (κ3) is 2.55. The summed E-state index contributed by atoms with van der Waals surface area (Å²) in [7, 11) is 0. The molecule has 2 heterocycles. The van der Waals surface area contributed by atoms with E-state index in [0.717, 1.165) is 10.4 Å². The average Bonchev–Trinajstić information content (AvgIpc) is 2.75. The number of alkyl halides is 1. The Morgan fingerprint density at radius 2 is 1.88 bits per heavy atom. The Labute approximate surface area is 111 Å². The number of hydrogen-bond acceptors (Lipinski definition) is 2.